The van der Waals surface area contributed by atoms with Crippen LogP contribution < -0.4 is 0 Å². The molecule has 16 heavy (non-hydrogen) atoms. The first-order valence-electron chi connectivity index (χ1n) is 5.01. The summed E-state index contributed by atoms with van der Waals surface area (Å²) < 4.78 is 2.07. The Balaban J connectivity index is 1.74. The third kappa shape index (κ3) is 1.99. The smallest absolute Gasteiger partial charge is 0.193 e. The maximum absolute atomic E-state index is 4.55. The molecular weight excluding hydrogens is 236 g/mol. The van der Waals surface area contributed by atoms with Crippen LogP contribution >= 0.6 is 23.1 Å². The second-order valence-corrected chi connectivity index (χ2v) is 5.35. The van der Waals surface area contributed by atoms with Crippen molar-refractivity contribution in [1.29, 1.82) is 0 Å². The number of benzene rings is 1. The molecule has 3 aromatic rings. The number of thiazole rings is 1. The molecule has 0 saturated carbocycles. The summed E-state index contributed by atoms with van der Waals surface area (Å²) in [4.78, 5) is 6.91. The first-order valence-corrected chi connectivity index (χ1v) is 6.87. The van der Waals surface area contributed by atoms with Gasteiger partial charge in [0.05, 0.1) is 5.69 Å². The van der Waals surface area contributed by atoms with E-state index < -0.39 is 0 Å². The molecule has 0 unspecified atom stereocenters. The lowest BCUT2D eigenvalue weighted by Gasteiger charge is -1.97. The zero-order valence-corrected chi connectivity index (χ0v) is 10.2. The van der Waals surface area contributed by atoms with E-state index in [4.69, 9.17) is 0 Å². The van der Waals surface area contributed by atoms with E-state index in [0.717, 1.165) is 16.4 Å². The minimum atomic E-state index is 0.929. The Labute approximate surface area is 102 Å². The minimum absolute atomic E-state index is 0.929. The van der Waals surface area contributed by atoms with Gasteiger partial charge in [0, 0.05) is 28.4 Å². The van der Waals surface area contributed by atoms with E-state index in [-0.39, 0.29) is 0 Å². The molecule has 2 heterocycles. The van der Waals surface area contributed by atoms with Gasteiger partial charge in [-0.1, -0.05) is 18.2 Å². The molecule has 0 aliphatic heterocycles. The fraction of sp³-hybridized carbons (Fsp3) is 0.0833. The lowest BCUT2D eigenvalue weighted by molar-refractivity contribution is 1.21. The Morgan fingerprint density at radius 1 is 1.25 bits per heavy atom. The van der Waals surface area contributed by atoms with Crippen LogP contribution in [0.4, 0.5) is 0 Å². The molecule has 0 fully saturated rings. The fourth-order valence-electron chi connectivity index (χ4n) is 1.52. The number of hydrogen-bond donors (Lipinski definition) is 0. The zero-order chi connectivity index (χ0) is 10.8. The quantitative estimate of drug-likeness (QED) is 0.656. The van der Waals surface area contributed by atoms with E-state index in [1.165, 1.54) is 4.90 Å². The average Bonchev–Trinajstić information content (AvgIpc) is 2.88. The number of imidazole rings is 1. The van der Waals surface area contributed by atoms with E-state index in [9.17, 15) is 0 Å². The van der Waals surface area contributed by atoms with Gasteiger partial charge >= 0.3 is 0 Å². The Morgan fingerprint density at radius 3 is 2.94 bits per heavy atom. The zero-order valence-electron chi connectivity index (χ0n) is 8.54. The van der Waals surface area contributed by atoms with E-state index in [2.05, 4.69) is 45.2 Å². The van der Waals surface area contributed by atoms with Crippen LogP contribution in [0.25, 0.3) is 4.96 Å². The van der Waals surface area contributed by atoms with E-state index in [1.807, 2.05) is 24.0 Å². The number of thioether (sulfide) groups is 1. The second kappa shape index (κ2) is 4.31. The number of hydrogen-bond acceptors (Lipinski definition) is 3. The molecule has 0 spiro atoms. The molecule has 80 valence electrons. The van der Waals surface area contributed by atoms with Crippen molar-refractivity contribution in [1.82, 2.24) is 9.38 Å². The summed E-state index contributed by atoms with van der Waals surface area (Å²) in [7, 11) is 0. The molecule has 2 aromatic heterocycles. The van der Waals surface area contributed by atoms with Gasteiger partial charge < -0.3 is 0 Å². The molecular formula is C12H10N2S2. The molecule has 0 bridgehead atoms. The first kappa shape index (κ1) is 9.93. The van der Waals surface area contributed by atoms with Crippen LogP contribution in [0, 0.1) is 0 Å². The molecule has 0 amide bonds. The molecule has 0 aliphatic rings. The monoisotopic (exact) mass is 246 g/mol. The number of nitrogens with zero attached hydrogens (tertiary/aromatic N) is 2. The van der Waals surface area contributed by atoms with Crippen molar-refractivity contribution in [2.75, 3.05) is 0 Å². The van der Waals surface area contributed by atoms with Gasteiger partial charge in [-0.15, -0.1) is 23.1 Å². The summed E-state index contributed by atoms with van der Waals surface area (Å²) in [5.41, 5.74) is 1.14. The van der Waals surface area contributed by atoms with E-state index in [1.54, 1.807) is 11.3 Å². The normalized spacial score (nSPS) is 11.0. The first-order chi connectivity index (χ1) is 7.92. The van der Waals surface area contributed by atoms with Gasteiger partial charge in [0.2, 0.25) is 0 Å². The Kier molecular flexibility index (Phi) is 2.68. The highest BCUT2D eigenvalue weighted by molar-refractivity contribution is 7.98. The standard InChI is InChI=1S/C12H10N2S2/c1-2-4-11(5-3-1)16-9-10-8-14-6-7-15-12(14)13-10/h1-8H,9H2. The minimum Gasteiger partial charge on any atom is -0.297 e. The topological polar surface area (TPSA) is 17.3 Å². The molecule has 0 aliphatic carbocycles. The highest BCUT2D eigenvalue weighted by atomic mass is 32.2. The van der Waals surface area contributed by atoms with Crippen LogP contribution in [0.1, 0.15) is 5.69 Å². The second-order valence-electron chi connectivity index (χ2n) is 3.43. The summed E-state index contributed by atoms with van der Waals surface area (Å²) >= 11 is 3.49. The van der Waals surface area contributed by atoms with Crippen molar-refractivity contribution in [3.63, 3.8) is 0 Å². The van der Waals surface area contributed by atoms with E-state index in [0.29, 0.717) is 0 Å². The SMILES string of the molecule is c1ccc(SCc2cn3ccsc3n2)cc1. The van der Waals surface area contributed by atoms with Crippen LogP contribution in [-0.2, 0) is 5.75 Å². The molecule has 3 rings (SSSR count). The van der Waals surface area contributed by atoms with E-state index >= 15 is 0 Å². The molecule has 0 saturated heterocycles. The lowest BCUT2D eigenvalue weighted by atomic mass is 10.4. The Bertz CT molecular complexity index is 555. The van der Waals surface area contributed by atoms with Crippen LogP contribution in [0.3, 0.4) is 0 Å². The van der Waals surface area contributed by atoms with Gasteiger partial charge in [-0.25, -0.2) is 4.98 Å². The maximum Gasteiger partial charge on any atom is 0.193 e. The van der Waals surface area contributed by atoms with Gasteiger partial charge in [-0.3, -0.25) is 4.40 Å². The van der Waals surface area contributed by atoms with Crippen molar-refractivity contribution >= 4 is 28.1 Å². The van der Waals surface area contributed by atoms with Gasteiger partial charge in [0.15, 0.2) is 4.96 Å². The van der Waals surface area contributed by atoms with Crippen molar-refractivity contribution in [3.05, 3.63) is 53.8 Å². The van der Waals surface area contributed by atoms with Gasteiger partial charge in [0.1, 0.15) is 0 Å². The molecule has 0 atom stereocenters. The Morgan fingerprint density at radius 2 is 2.12 bits per heavy atom. The highest BCUT2D eigenvalue weighted by Crippen LogP contribution is 2.22. The lowest BCUT2D eigenvalue weighted by Crippen LogP contribution is -1.79. The molecule has 1 aromatic carbocycles. The third-order valence-electron chi connectivity index (χ3n) is 2.27. The van der Waals surface area contributed by atoms with Gasteiger partial charge in [0.25, 0.3) is 0 Å². The summed E-state index contributed by atoms with van der Waals surface area (Å²) in [5.74, 6) is 0.929. The maximum atomic E-state index is 4.55. The summed E-state index contributed by atoms with van der Waals surface area (Å²) in [6.07, 6.45) is 4.14. The van der Waals surface area contributed by atoms with Crippen LogP contribution in [0.2, 0.25) is 0 Å². The summed E-state index contributed by atoms with van der Waals surface area (Å²) in [5, 5.41) is 2.05. The summed E-state index contributed by atoms with van der Waals surface area (Å²) in [6.45, 7) is 0. The van der Waals surface area contributed by atoms with Crippen LogP contribution in [0.15, 0.2) is 53.0 Å². The van der Waals surface area contributed by atoms with Gasteiger partial charge in [-0.2, -0.15) is 0 Å². The third-order valence-corrected chi connectivity index (χ3v) is 4.09. The fourth-order valence-corrected chi connectivity index (χ4v) is 3.04. The molecule has 2 nitrogen and oxygen atoms in total. The number of aromatic nitrogens is 2. The van der Waals surface area contributed by atoms with Crippen molar-refractivity contribution < 1.29 is 0 Å². The molecule has 0 N–H and O–H groups in total. The largest absolute Gasteiger partial charge is 0.297 e. The average molecular weight is 246 g/mol. The van der Waals surface area contributed by atoms with Crippen molar-refractivity contribution in [2.24, 2.45) is 0 Å². The predicted molar refractivity (Wildman–Crippen MR) is 69.1 cm³/mol. The van der Waals surface area contributed by atoms with Gasteiger partial charge in [-0.05, 0) is 12.1 Å². The molecule has 0 radical (unpaired) electrons. The summed E-state index contributed by atoms with van der Waals surface area (Å²) in [6, 6.07) is 10.4. The van der Waals surface area contributed by atoms with Crippen LogP contribution in [-0.4, -0.2) is 9.38 Å². The van der Waals surface area contributed by atoms with Crippen molar-refractivity contribution in [2.45, 2.75) is 10.6 Å². The Hall–Kier alpha value is -1.26. The predicted octanol–water partition coefficient (Wildman–Crippen LogP) is 3.69. The number of fused-ring (bicyclic) bond motifs is 1. The highest BCUT2D eigenvalue weighted by Gasteiger charge is 2.02. The number of rotatable bonds is 3. The van der Waals surface area contributed by atoms with Crippen LogP contribution in [0.5, 0.6) is 0 Å². The molecule has 4 heteroatoms. The van der Waals surface area contributed by atoms with Crippen molar-refractivity contribution in [3.8, 4) is 0 Å².